The first kappa shape index (κ1) is 14.5. The Balaban J connectivity index is 2.21. The molecule has 0 aliphatic heterocycles. The molecule has 2 atom stereocenters. The highest BCUT2D eigenvalue weighted by molar-refractivity contribution is 5.78. The van der Waals surface area contributed by atoms with E-state index in [-0.39, 0.29) is 11.8 Å². The first-order chi connectivity index (χ1) is 8.00. The van der Waals surface area contributed by atoms with E-state index in [9.17, 15) is 4.79 Å². The monoisotopic (exact) mass is 240 g/mol. The number of carbonyl (C=O) groups excluding carboxylic acids is 1. The number of rotatable bonds is 6. The van der Waals surface area contributed by atoms with Crippen molar-refractivity contribution in [1.29, 1.82) is 0 Å². The number of nitrogens with zero attached hydrogens (tertiary/aromatic N) is 1. The van der Waals surface area contributed by atoms with E-state index < -0.39 is 0 Å². The number of hydrogen-bond donors (Lipinski definition) is 1. The molecule has 1 fully saturated rings. The normalized spacial score (nSPS) is 20.5. The molecule has 1 amide bonds. The van der Waals surface area contributed by atoms with Gasteiger partial charge in [0.15, 0.2) is 0 Å². The van der Waals surface area contributed by atoms with Gasteiger partial charge in [0.2, 0.25) is 5.91 Å². The summed E-state index contributed by atoms with van der Waals surface area (Å²) in [6.45, 7) is 4.94. The van der Waals surface area contributed by atoms with E-state index in [0.29, 0.717) is 6.04 Å². The van der Waals surface area contributed by atoms with Crippen LogP contribution in [0.5, 0.6) is 0 Å². The average molecular weight is 240 g/mol. The smallest absolute Gasteiger partial charge is 0.222 e. The average Bonchev–Trinajstić information content (AvgIpc) is 2.77. The van der Waals surface area contributed by atoms with Gasteiger partial charge in [0, 0.05) is 18.5 Å². The summed E-state index contributed by atoms with van der Waals surface area (Å²) in [7, 11) is 4.08. The SMILES string of the molecule is C[C@@H](CC1CCCC1)C(=O)NC[C@H](C)N(C)C. The minimum Gasteiger partial charge on any atom is -0.354 e. The van der Waals surface area contributed by atoms with E-state index >= 15 is 0 Å². The fraction of sp³-hybridized carbons (Fsp3) is 0.929. The van der Waals surface area contributed by atoms with Crippen LogP contribution in [-0.2, 0) is 4.79 Å². The molecule has 1 aliphatic carbocycles. The van der Waals surface area contributed by atoms with E-state index in [1.54, 1.807) is 0 Å². The van der Waals surface area contributed by atoms with E-state index in [2.05, 4.69) is 24.1 Å². The van der Waals surface area contributed by atoms with Crippen molar-refractivity contribution >= 4 is 5.91 Å². The van der Waals surface area contributed by atoms with E-state index in [0.717, 1.165) is 18.9 Å². The van der Waals surface area contributed by atoms with Gasteiger partial charge in [-0.15, -0.1) is 0 Å². The molecule has 0 heterocycles. The maximum atomic E-state index is 11.9. The highest BCUT2D eigenvalue weighted by Crippen LogP contribution is 2.30. The van der Waals surface area contributed by atoms with Crippen molar-refractivity contribution in [2.45, 2.75) is 52.0 Å². The molecular formula is C14H28N2O. The summed E-state index contributed by atoms with van der Waals surface area (Å²) in [5.74, 6) is 1.19. The molecule has 0 spiro atoms. The van der Waals surface area contributed by atoms with Gasteiger partial charge < -0.3 is 10.2 Å². The molecule has 3 heteroatoms. The third-order valence-electron chi connectivity index (χ3n) is 4.06. The van der Waals surface area contributed by atoms with Gasteiger partial charge in [0.05, 0.1) is 0 Å². The summed E-state index contributed by atoms with van der Waals surface area (Å²) in [6.07, 6.45) is 6.44. The molecule has 0 radical (unpaired) electrons. The number of amides is 1. The van der Waals surface area contributed by atoms with Crippen LogP contribution in [0, 0.1) is 11.8 Å². The van der Waals surface area contributed by atoms with Crippen LogP contribution in [0.4, 0.5) is 0 Å². The van der Waals surface area contributed by atoms with E-state index in [1.165, 1.54) is 25.7 Å². The summed E-state index contributed by atoms with van der Waals surface area (Å²) >= 11 is 0. The van der Waals surface area contributed by atoms with Gasteiger partial charge in [-0.1, -0.05) is 32.6 Å². The fourth-order valence-corrected chi connectivity index (χ4v) is 2.46. The van der Waals surface area contributed by atoms with Crippen LogP contribution in [0.2, 0.25) is 0 Å². The van der Waals surface area contributed by atoms with Crippen molar-refractivity contribution in [2.75, 3.05) is 20.6 Å². The van der Waals surface area contributed by atoms with E-state index in [4.69, 9.17) is 0 Å². The lowest BCUT2D eigenvalue weighted by molar-refractivity contribution is -0.125. The Morgan fingerprint density at radius 1 is 1.29 bits per heavy atom. The highest BCUT2D eigenvalue weighted by Gasteiger charge is 2.21. The number of hydrogen-bond acceptors (Lipinski definition) is 2. The van der Waals surface area contributed by atoms with Crippen molar-refractivity contribution in [1.82, 2.24) is 10.2 Å². The van der Waals surface area contributed by atoms with Crippen LogP contribution < -0.4 is 5.32 Å². The number of nitrogens with one attached hydrogen (secondary N) is 1. The molecule has 100 valence electrons. The number of likely N-dealkylation sites (N-methyl/N-ethyl adjacent to an activating group) is 1. The lowest BCUT2D eigenvalue weighted by Gasteiger charge is -2.22. The Morgan fingerprint density at radius 2 is 1.88 bits per heavy atom. The molecular weight excluding hydrogens is 212 g/mol. The molecule has 1 rings (SSSR count). The van der Waals surface area contributed by atoms with Gasteiger partial charge in [-0.2, -0.15) is 0 Å². The molecule has 0 bridgehead atoms. The van der Waals surface area contributed by atoms with Crippen LogP contribution in [0.3, 0.4) is 0 Å². The van der Waals surface area contributed by atoms with Gasteiger partial charge in [-0.25, -0.2) is 0 Å². The molecule has 17 heavy (non-hydrogen) atoms. The van der Waals surface area contributed by atoms with Crippen molar-refractivity contribution in [3.05, 3.63) is 0 Å². The second-order valence-corrected chi connectivity index (χ2v) is 5.85. The summed E-state index contributed by atoms with van der Waals surface area (Å²) in [6, 6.07) is 0.401. The van der Waals surface area contributed by atoms with Gasteiger partial charge in [-0.05, 0) is 33.4 Å². The zero-order valence-corrected chi connectivity index (χ0v) is 11.8. The third kappa shape index (κ3) is 5.07. The Kier molecular flexibility index (Phi) is 5.96. The highest BCUT2D eigenvalue weighted by atomic mass is 16.1. The molecule has 3 nitrogen and oxygen atoms in total. The Bertz CT molecular complexity index is 234. The molecule has 0 aromatic heterocycles. The minimum atomic E-state index is 0.174. The second kappa shape index (κ2) is 7.00. The van der Waals surface area contributed by atoms with Crippen molar-refractivity contribution in [3.63, 3.8) is 0 Å². The third-order valence-corrected chi connectivity index (χ3v) is 4.06. The van der Waals surface area contributed by atoms with Gasteiger partial charge in [-0.3, -0.25) is 4.79 Å². The molecule has 0 aromatic rings. The molecule has 0 saturated heterocycles. The molecule has 1 aliphatic rings. The largest absolute Gasteiger partial charge is 0.354 e. The predicted molar refractivity (Wildman–Crippen MR) is 71.9 cm³/mol. The Hall–Kier alpha value is -0.570. The van der Waals surface area contributed by atoms with Crippen LogP contribution in [0.1, 0.15) is 46.0 Å². The molecule has 1 saturated carbocycles. The maximum Gasteiger partial charge on any atom is 0.222 e. The lowest BCUT2D eigenvalue weighted by atomic mass is 9.94. The molecule has 1 N–H and O–H groups in total. The lowest BCUT2D eigenvalue weighted by Crippen LogP contribution is -2.40. The van der Waals surface area contributed by atoms with Crippen LogP contribution >= 0.6 is 0 Å². The zero-order chi connectivity index (χ0) is 12.8. The van der Waals surface area contributed by atoms with E-state index in [1.807, 2.05) is 14.1 Å². The van der Waals surface area contributed by atoms with Gasteiger partial charge >= 0.3 is 0 Å². The topological polar surface area (TPSA) is 32.3 Å². The standard InChI is InChI=1S/C14H28N2O/c1-11(9-13-7-5-6-8-13)14(17)15-10-12(2)16(3)4/h11-13H,5-10H2,1-4H3,(H,15,17)/t11-,12-/m0/s1. The summed E-state index contributed by atoms with van der Waals surface area (Å²) in [4.78, 5) is 14.1. The maximum absolute atomic E-state index is 11.9. The summed E-state index contributed by atoms with van der Waals surface area (Å²) in [5, 5.41) is 3.06. The fourth-order valence-electron chi connectivity index (χ4n) is 2.46. The van der Waals surface area contributed by atoms with Crippen LogP contribution in [0.15, 0.2) is 0 Å². The first-order valence-corrected chi connectivity index (χ1v) is 6.94. The van der Waals surface area contributed by atoms with Crippen molar-refractivity contribution < 1.29 is 4.79 Å². The number of carbonyl (C=O) groups is 1. The second-order valence-electron chi connectivity index (χ2n) is 5.85. The van der Waals surface area contributed by atoms with Gasteiger partial charge in [0.25, 0.3) is 0 Å². The quantitative estimate of drug-likeness (QED) is 0.772. The first-order valence-electron chi connectivity index (χ1n) is 6.94. The minimum absolute atomic E-state index is 0.174. The Morgan fingerprint density at radius 3 is 2.41 bits per heavy atom. The molecule has 0 unspecified atom stereocenters. The Labute approximate surface area is 106 Å². The van der Waals surface area contributed by atoms with Crippen molar-refractivity contribution in [2.24, 2.45) is 11.8 Å². The molecule has 0 aromatic carbocycles. The predicted octanol–water partition coefficient (Wildman–Crippen LogP) is 2.27. The summed E-state index contributed by atoms with van der Waals surface area (Å²) in [5.41, 5.74) is 0. The van der Waals surface area contributed by atoms with Crippen LogP contribution in [0.25, 0.3) is 0 Å². The van der Waals surface area contributed by atoms with Crippen LogP contribution in [-0.4, -0.2) is 37.5 Å². The zero-order valence-electron chi connectivity index (χ0n) is 11.8. The van der Waals surface area contributed by atoms with Crippen molar-refractivity contribution in [3.8, 4) is 0 Å². The summed E-state index contributed by atoms with van der Waals surface area (Å²) < 4.78 is 0. The van der Waals surface area contributed by atoms with Gasteiger partial charge in [0.1, 0.15) is 0 Å².